The quantitative estimate of drug-likeness (QED) is 0.775. The summed E-state index contributed by atoms with van der Waals surface area (Å²) in [6.45, 7) is 2.70. The number of nitrogens with one attached hydrogen (secondary N) is 1. The molecule has 1 rings (SSSR count). The van der Waals surface area contributed by atoms with Crippen molar-refractivity contribution in [3.05, 3.63) is 21.9 Å². The summed E-state index contributed by atoms with van der Waals surface area (Å²) in [6.07, 6.45) is 3.04. The van der Waals surface area contributed by atoms with Crippen molar-refractivity contribution in [3.8, 4) is 11.8 Å². The predicted octanol–water partition coefficient (Wildman–Crippen LogP) is 2.29. The van der Waals surface area contributed by atoms with Crippen molar-refractivity contribution in [2.45, 2.75) is 39.2 Å². The van der Waals surface area contributed by atoms with Gasteiger partial charge in [-0.2, -0.15) is 0 Å². The number of unbranched alkanes of at least 4 members (excludes halogenated alkanes) is 1. The number of hydrogen-bond donors (Lipinski definition) is 2. The molecule has 0 aliphatic heterocycles. The van der Waals surface area contributed by atoms with Crippen molar-refractivity contribution >= 4 is 17.2 Å². The van der Waals surface area contributed by atoms with Gasteiger partial charge in [0.1, 0.15) is 0 Å². The van der Waals surface area contributed by atoms with Crippen LogP contribution in [-0.4, -0.2) is 17.6 Å². The highest BCUT2D eigenvalue weighted by Crippen LogP contribution is 2.15. The molecule has 0 unspecified atom stereocenters. The second-order valence-corrected chi connectivity index (χ2v) is 4.91. The van der Waals surface area contributed by atoms with E-state index in [2.05, 4.69) is 24.1 Å². The molecule has 0 fully saturated rings. The highest BCUT2D eigenvalue weighted by Gasteiger charge is 2.04. The number of hydrogen-bond acceptors (Lipinski definition) is 3. The maximum absolute atomic E-state index is 11.5. The van der Waals surface area contributed by atoms with Gasteiger partial charge in [-0.1, -0.05) is 25.2 Å². The zero-order valence-electron chi connectivity index (χ0n) is 10.7. The average Bonchev–Trinajstić information content (AvgIpc) is 2.82. The van der Waals surface area contributed by atoms with Gasteiger partial charge < -0.3 is 10.4 Å². The van der Waals surface area contributed by atoms with Gasteiger partial charge in [0.25, 0.3) is 0 Å². The lowest BCUT2D eigenvalue weighted by molar-refractivity contribution is -0.121. The van der Waals surface area contributed by atoms with Gasteiger partial charge in [0.2, 0.25) is 5.91 Å². The Hall–Kier alpha value is -1.31. The van der Waals surface area contributed by atoms with Gasteiger partial charge in [-0.05, 0) is 17.9 Å². The molecular weight excluding hydrogens is 246 g/mol. The number of carbonyl (C=O) groups excluding carboxylic acids is 1. The normalized spacial score (nSPS) is 9.67. The van der Waals surface area contributed by atoms with Crippen molar-refractivity contribution in [1.82, 2.24) is 5.32 Å². The van der Waals surface area contributed by atoms with Gasteiger partial charge >= 0.3 is 0 Å². The molecule has 0 bridgehead atoms. The third-order valence-electron chi connectivity index (χ3n) is 2.41. The predicted molar refractivity (Wildman–Crippen MR) is 74.3 cm³/mol. The van der Waals surface area contributed by atoms with Crippen LogP contribution < -0.4 is 5.32 Å². The molecule has 1 heterocycles. The largest absolute Gasteiger partial charge is 0.395 e. The SMILES string of the molecule is CCCCC(=O)NCc1sccc1C#CCCO. The number of aliphatic hydroxyl groups is 1. The smallest absolute Gasteiger partial charge is 0.220 e. The van der Waals surface area contributed by atoms with Crippen LogP contribution in [0.1, 0.15) is 43.0 Å². The first-order valence-corrected chi connectivity index (χ1v) is 7.08. The fourth-order valence-electron chi connectivity index (χ4n) is 1.41. The zero-order valence-corrected chi connectivity index (χ0v) is 11.5. The van der Waals surface area contributed by atoms with E-state index in [1.807, 2.05) is 11.4 Å². The molecule has 0 aliphatic carbocycles. The summed E-state index contributed by atoms with van der Waals surface area (Å²) in [5.74, 6) is 6.00. The van der Waals surface area contributed by atoms with Crippen LogP contribution in [0, 0.1) is 11.8 Å². The summed E-state index contributed by atoms with van der Waals surface area (Å²) in [5, 5.41) is 13.5. The summed E-state index contributed by atoms with van der Waals surface area (Å²) in [7, 11) is 0. The van der Waals surface area contributed by atoms with E-state index in [0.717, 1.165) is 23.3 Å². The van der Waals surface area contributed by atoms with Crippen molar-refractivity contribution < 1.29 is 9.90 Å². The minimum atomic E-state index is 0.0836. The van der Waals surface area contributed by atoms with Crippen LogP contribution >= 0.6 is 11.3 Å². The van der Waals surface area contributed by atoms with E-state index in [1.54, 1.807) is 11.3 Å². The highest BCUT2D eigenvalue weighted by molar-refractivity contribution is 7.10. The fraction of sp³-hybridized carbons (Fsp3) is 0.500. The lowest BCUT2D eigenvalue weighted by atomic mass is 10.2. The molecule has 4 heteroatoms. The topological polar surface area (TPSA) is 49.3 Å². The Bertz CT molecular complexity index is 428. The molecule has 0 atom stereocenters. The van der Waals surface area contributed by atoms with E-state index < -0.39 is 0 Å². The molecule has 1 amide bonds. The molecule has 0 saturated carbocycles. The molecule has 1 aromatic heterocycles. The van der Waals surface area contributed by atoms with E-state index in [9.17, 15) is 4.79 Å². The van der Waals surface area contributed by atoms with Crippen LogP contribution in [0.2, 0.25) is 0 Å². The van der Waals surface area contributed by atoms with Crippen molar-refractivity contribution in [3.63, 3.8) is 0 Å². The Morgan fingerprint density at radius 1 is 1.56 bits per heavy atom. The Balaban J connectivity index is 2.46. The van der Waals surface area contributed by atoms with Gasteiger partial charge in [0.15, 0.2) is 0 Å². The van der Waals surface area contributed by atoms with Gasteiger partial charge in [0, 0.05) is 23.3 Å². The Morgan fingerprint density at radius 2 is 2.39 bits per heavy atom. The average molecular weight is 265 g/mol. The summed E-state index contributed by atoms with van der Waals surface area (Å²) >= 11 is 1.59. The second-order valence-electron chi connectivity index (χ2n) is 3.91. The van der Waals surface area contributed by atoms with E-state index in [-0.39, 0.29) is 12.5 Å². The van der Waals surface area contributed by atoms with E-state index in [0.29, 0.717) is 19.4 Å². The maximum atomic E-state index is 11.5. The first kappa shape index (κ1) is 14.7. The number of carbonyl (C=O) groups is 1. The Kier molecular flexibility index (Phi) is 7.16. The van der Waals surface area contributed by atoms with E-state index >= 15 is 0 Å². The number of amides is 1. The van der Waals surface area contributed by atoms with Crippen LogP contribution in [-0.2, 0) is 11.3 Å². The third-order valence-corrected chi connectivity index (χ3v) is 3.33. The Morgan fingerprint density at radius 3 is 3.11 bits per heavy atom. The lowest BCUT2D eigenvalue weighted by Gasteiger charge is -2.03. The van der Waals surface area contributed by atoms with Gasteiger partial charge in [-0.25, -0.2) is 0 Å². The zero-order chi connectivity index (χ0) is 13.2. The monoisotopic (exact) mass is 265 g/mol. The van der Waals surface area contributed by atoms with Crippen molar-refractivity contribution in [2.75, 3.05) is 6.61 Å². The highest BCUT2D eigenvalue weighted by atomic mass is 32.1. The van der Waals surface area contributed by atoms with E-state index in [1.165, 1.54) is 0 Å². The van der Waals surface area contributed by atoms with Crippen LogP contribution in [0.3, 0.4) is 0 Å². The molecular formula is C14H19NO2S. The second kappa shape index (κ2) is 8.73. The molecule has 1 aromatic rings. The molecule has 0 radical (unpaired) electrons. The maximum Gasteiger partial charge on any atom is 0.220 e. The van der Waals surface area contributed by atoms with Crippen molar-refractivity contribution in [2.24, 2.45) is 0 Å². The number of aliphatic hydroxyl groups excluding tert-OH is 1. The number of rotatable bonds is 6. The molecule has 0 saturated heterocycles. The van der Waals surface area contributed by atoms with Crippen LogP contribution in [0.5, 0.6) is 0 Å². The van der Waals surface area contributed by atoms with Gasteiger partial charge in [0.05, 0.1) is 13.2 Å². The van der Waals surface area contributed by atoms with Crippen molar-refractivity contribution in [1.29, 1.82) is 0 Å². The molecule has 0 spiro atoms. The Labute approximate surface area is 112 Å². The van der Waals surface area contributed by atoms with Gasteiger partial charge in [-0.15, -0.1) is 11.3 Å². The van der Waals surface area contributed by atoms with Crippen LogP contribution in [0.4, 0.5) is 0 Å². The summed E-state index contributed by atoms with van der Waals surface area (Å²) < 4.78 is 0. The molecule has 98 valence electrons. The van der Waals surface area contributed by atoms with Crippen LogP contribution in [0.15, 0.2) is 11.4 Å². The first-order valence-electron chi connectivity index (χ1n) is 6.20. The summed E-state index contributed by atoms with van der Waals surface area (Å²) in [5.41, 5.74) is 0.948. The third kappa shape index (κ3) is 5.35. The van der Waals surface area contributed by atoms with Gasteiger partial charge in [-0.3, -0.25) is 4.79 Å². The molecule has 0 aliphatic rings. The number of thiophene rings is 1. The summed E-state index contributed by atoms with van der Waals surface area (Å²) in [4.78, 5) is 12.6. The molecule has 0 aromatic carbocycles. The molecule has 2 N–H and O–H groups in total. The minimum Gasteiger partial charge on any atom is -0.395 e. The van der Waals surface area contributed by atoms with E-state index in [4.69, 9.17) is 5.11 Å². The summed E-state index contributed by atoms with van der Waals surface area (Å²) in [6, 6.07) is 1.95. The van der Waals surface area contributed by atoms with Crippen LogP contribution in [0.25, 0.3) is 0 Å². The standard InChI is InChI=1S/C14H19NO2S/c1-2-3-7-14(17)15-11-13-12(8-10-18-13)6-4-5-9-16/h8,10,16H,2-3,5,7,9,11H2,1H3,(H,15,17). The first-order chi connectivity index (χ1) is 8.77. The molecule has 3 nitrogen and oxygen atoms in total. The minimum absolute atomic E-state index is 0.0836. The fourth-order valence-corrected chi connectivity index (χ4v) is 2.18. The molecule has 18 heavy (non-hydrogen) atoms. The lowest BCUT2D eigenvalue weighted by Crippen LogP contribution is -2.22.